The first-order valence-electron chi connectivity index (χ1n) is 6.73. The van der Waals surface area contributed by atoms with Crippen molar-refractivity contribution in [3.05, 3.63) is 18.2 Å². The topological polar surface area (TPSA) is 73.9 Å². The molecule has 1 saturated carbocycles. The second kappa shape index (κ2) is 6.47. The summed E-state index contributed by atoms with van der Waals surface area (Å²) in [6.07, 6.45) is 0.843. The van der Waals surface area contributed by atoms with E-state index in [1.54, 1.807) is 18.2 Å². The zero-order valence-corrected chi connectivity index (χ0v) is 12.3. The molecule has 1 aromatic carbocycles. The number of amides is 1. The first-order chi connectivity index (χ1) is 10.0. The van der Waals surface area contributed by atoms with Crippen LogP contribution in [0.15, 0.2) is 18.2 Å². The molecule has 21 heavy (non-hydrogen) atoms. The third kappa shape index (κ3) is 3.87. The minimum atomic E-state index is -0.385. The van der Waals surface area contributed by atoms with Gasteiger partial charge in [-0.15, -0.1) is 0 Å². The third-order valence-electron chi connectivity index (χ3n) is 3.43. The molecule has 1 aliphatic carbocycles. The van der Waals surface area contributed by atoms with Crippen molar-refractivity contribution in [2.45, 2.75) is 13.3 Å². The normalized spacial score (nSPS) is 19.6. The largest absolute Gasteiger partial charge is 0.493 e. The molecule has 0 heterocycles. The van der Waals surface area contributed by atoms with E-state index in [1.807, 2.05) is 6.92 Å². The molecule has 114 valence electrons. The van der Waals surface area contributed by atoms with E-state index in [9.17, 15) is 9.59 Å². The van der Waals surface area contributed by atoms with Crippen LogP contribution in [0.2, 0.25) is 0 Å². The molecule has 0 aliphatic heterocycles. The van der Waals surface area contributed by atoms with E-state index in [0.717, 1.165) is 6.42 Å². The molecule has 0 bridgehead atoms. The van der Waals surface area contributed by atoms with E-state index in [-0.39, 0.29) is 24.4 Å². The molecular weight excluding hydrogens is 274 g/mol. The van der Waals surface area contributed by atoms with Gasteiger partial charge < -0.3 is 19.5 Å². The maximum atomic E-state index is 11.7. The number of carbonyl (C=O) groups excluding carboxylic acids is 2. The third-order valence-corrected chi connectivity index (χ3v) is 3.43. The zero-order valence-electron chi connectivity index (χ0n) is 12.3. The number of hydrogen-bond donors (Lipinski definition) is 1. The fraction of sp³-hybridized carbons (Fsp3) is 0.467. The van der Waals surface area contributed by atoms with Crippen LogP contribution in [0.5, 0.6) is 11.5 Å². The number of carbonyl (C=O) groups is 2. The van der Waals surface area contributed by atoms with Crippen molar-refractivity contribution in [2.75, 3.05) is 26.1 Å². The van der Waals surface area contributed by atoms with Crippen LogP contribution < -0.4 is 14.8 Å². The lowest BCUT2D eigenvalue weighted by molar-refractivity contribution is -0.148. The van der Waals surface area contributed by atoms with E-state index in [4.69, 9.17) is 14.2 Å². The molecule has 1 N–H and O–H groups in total. The molecule has 6 heteroatoms. The van der Waals surface area contributed by atoms with Gasteiger partial charge in [0.1, 0.15) is 0 Å². The van der Waals surface area contributed by atoms with Gasteiger partial charge in [-0.05, 0) is 24.5 Å². The molecular formula is C15H19NO5. The molecule has 1 aliphatic rings. The smallest absolute Gasteiger partial charge is 0.309 e. The van der Waals surface area contributed by atoms with Gasteiger partial charge in [-0.2, -0.15) is 0 Å². The summed E-state index contributed by atoms with van der Waals surface area (Å²) >= 11 is 0. The molecule has 1 amide bonds. The number of rotatable bonds is 6. The average Bonchev–Trinajstić information content (AvgIpc) is 3.21. The van der Waals surface area contributed by atoms with E-state index < -0.39 is 0 Å². The molecule has 0 spiro atoms. The maximum absolute atomic E-state index is 11.7. The highest BCUT2D eigenvalue weighted by atomic mass is 16.5. The Hall–Kier alpha value is -2.24. The Bertz CT molecular complexity index is 543. The Balaban J connectivity index is 1.86. The van der Waals surface area contributed by atoms with Crippen molar-refractivity contribution in [3.63, 3.8) is 0 Å². The van der Waals surface area contributed by atoms with Crippen molar-refractivity contribution in [2.24, 2.45) is 11.8 Å². The Morgan fingerprint density at radius 2 is 1.90 bits per heavy atom. The molecule has 2 rings (SSSR count). The average molecular weight is 293 g/mol. The standard InChI is InChI=1S/C15H19NO5/c1-9-6-11(9)15(18)21-8-14(17)16-10-4-5-12(19-2)13(7-10)20-3/h4-5,7,9,11H,6,8H2,1-3H3,(H,16,17). The van der Waals surface area contributed by atoms with Crippen molar-refractivity contribution >= 4 is 17.6 Å². The Morgan fingerprint density at radius 1 is 1.24 bits per heavy atom. The fourth-order valence-corrected chi connectivity index (χ4v) is 2.01. The molecule has 6 nitrogen and oxygen atoms in total. The summed E-state index contributed by atoms with van der Waals surface area (Å²) in [6, 6.07) is 5.01. The number of methoxy groups -OCH3 is 2. The minimum absolute atomic E-state index is 0.0427. The first kappa shape index (κ1) is 15.2. The molecule has 1 fully saturated rings. The molecule has 1 aromatic rings. The van der Waals surface area contributed by atoms with Gasteiger partial charge in [0.2, 0.25) is 0 Å². The predicted octanol–water partition coefficient (Wildman–Crippen LogP) is 1.84. The molecule has 2 unspecified atom stereocenters. The van der Waals surface area contributed by atoms with Crippen LogP contribution in [-0.2, 0) is 14.3 Å². The number of esters is 1. The maximum Gasteiger partial charge on any atom is 0.309 e. The van der Waals surface area contributed by atoms with E-state index in [2.05, 4.69) is 5.32 Å². The lowest BCUT2D eigenvalue weighted by atomic mass is 10.2. The number of ether oxygens (including phenoxy) is 3. The van der Waals surface area contributed by atoms with Gasteiger partial charge in [-0.3, -0.25) is 9.59 Å². The predicted molar refractivity (Wildman–Crippen MR) is 76.4 cm³/mol. The van der Waals surface area contributed by atoms with Crippen LogP contribution in [0.3, 0.4) is 0 Å². The van der Waals surface area contributed by atoms with Gasteiger partial charge in [0.15, 0.2) is 18.1 Å². The zero-order chi connectivity index (χ0) is 15.4. The second-order valence-electron chi connectivity index (χ2n) is 5.05. The highest BCUT2D eigenvalue weighted by Gasteiger charge is 2.40. The Labute approximate surface area is 123 Å². The summed E-state index contributed by atoms with van der Waals surface area (Å²) in [4.78, 5) is 23.3. The van der Waals surface area contributed by atoms with Gasteiger partial charge in [0, 0.05) is 11.8 Å². The lowest BCUT2D eigenvalue weighted by Gasteiger charge is -2.10. The van der Waals surface area contributed by atoms with Crippen LogP contribution in [0.1, 0.15) is 13.3 Å². The highest BCUT2D eigenvalue weighted by molar-refractivity contribution is 5.93. The van der Waals surface area contributed by atoms with E-state index >= 15 is 0 Å². The van der Waals surface area contributed by atoms with Crippen molar-refractivity contribution in [1.82, 2.24) is 0 Å². The monoisotopic (exact) mass is 293 g/mol. The number of anilines is 1. The van der Waals surface area contributed by atoms with E-state index in [0.29, 0.717) is 23.1 Å². The molecule has 0 saturated heterocycles. The number of hydrogen-bond acceptors (Lipinski definition) is 5. The summed E-state index contributed by atoms with van der Waals surface area (Å²) in [6.45, 7) is 1.70. The SMILES string of the molecule is COc1ccc(NC(=O)COC(=O)C2CC2C)cc1OC. The summed E-state index contributed by atoms with van der Waals surface area (Å²) < 4.78 is 15.2. The Morgan fingerprint density at radius 3 is 2.48 bits per heavy atom. The quantitative estimate of drug-likeness (QED) is 0.810. The van der Waals surface area contributed by atoms with Crippen LogP contribution in [0.25, 0.3) is 0 Å². The summed E-state index contributed by atoms with van der Waals surface area (Å²) in [7, 11) is 3.05. The molecule has 2 atom stereocenters. The van der Waals surface area contributed by atoms with Gasteiger partial charge in [-0.25, -0.2) is 0 Å². The van der Waals surface area contributed by atoms with Gasteiger partial charge in [-0.1, -0.05) is 6.92 Å². The number of benzene rings is 1. The van der Waals surface area contributed by atoms with Crippen molar-refractivity contribution in [3.8, 4) is 11.5 Å². The lowest BCUT2D eigenvalue weighted by Crippen LogP contribution is -2.21. The minimum Gasteiger partial charge on any atom is -0.493 e. The summed E-state index contributed by atoms with van der Waals surface area (Å²) in [5.74, 6) is 0.725. The van der Waals surface area contributed by atoms with Crippen LogP contribution in [0, 0.1) is 11.8 Å². The first-order valence-corrected chi connectivity index (χ1v) is 6.73. The van der Waals surface area contributed by atoms with Gasteiger partial charge in [0.25, 0.3) is 5.91 Å². The number of nitrogens with one attached hydrogen (secondary N) is 1. The molecule has 0 aromatic heterocycles. The highest BCUT2D eigenvalue weighted by Crippen LogP contribution is 2.38. The van der Waals surface area contributed by atoms with Crippen LogP contribution in [0.4, 0.5) is 5.69 Å². The fourth-order valence-electron chi connectivity index (χ4n) is 2.01. The molecule has 0 radical (unpaired) electrons. The second-order valence-corrected chi connectivity index (χ2v) is 5.05. The summed E-state index contributed by atoms with van der Waals surface area (Å²) in [5, 5.41) is 2.64. The van der Waals surface area contributed by atoms with Crippen molar-refractivity contribution in [1.29, 1.82) is 0 Å². The Kier molecular flexibility index (Phi) is 4.67. The van der Waals surface area contributed by atoms with Gasteiger partial charge in [0.05, 0.1) is 20.1 Å². The van der Waals surface area contributed by atoms with E-state index in [1.165, 1.54) is 14.2 Å². The summed E-state index contributed by atoms with van der Waals surface area (Å²) in [5.41, 5.74) is 0.550. The van der Waals surface area contributed by atoms with Gasteiger partial charge >= 0.3 is 5.97 Å². The van der Waals surface area contributed by atoms with Crippen LogP contribution >= 0.6 is 0 Å². The van der Waals surface area contributed by atoms with Crippen molar-refractivity contribution < 1.29 is 23.8 Å². The van der Waals surface area contributed by atoms with Crippen LogP contribution in [-0.4, -0.2) is 32.7 Å².